The highest BCUT2D eigenvalue weighted by Gasteiger charge is 2.07. The van der Waals surface area contributed by atoms with Gasteiger partial charge in [-0.2, -0.15) is 5.26 Å². The van der Waals surface area contributed by atoms with Gasteiger partial charge < -0.3 is 5.32 Å². The number of carbonyl (C=O) groups is 1. The van der Waals surface area contributed by atoms with Crippen molar-refractivity contribution in [3.05, 3.63) is 29.6 Å². The van der Waals surface area contributed by atoms with Crippen LogP contribution in [0.1, 0.15) is 35.3 Å². The van der Waals surface area contributed by atoms with Crippen molar-refractivity contribution in [2.45, 2.75) is 26.2 Å². The monoisotopic (exact) mass is 217 g/mol. The van der Waals surface area contributed by atoms with E-state index < -0.39 is 0 Å². The third kappa shape index (κ3) is 3.70. The molecule has 0 fully saturated rings. The van der Waals surface area contributed by atoms with Gasteiger partial charge in [0.25, 0.3) is 5.91 Å². The molecule has 0 bridgehead atoms. The number of hydrogen-bond donors (Lipinski definition) is 1. The van der Waals surface area contributed by atoms with Crippen LogP contribution in [-0.4, -0.2) is 17.4 Å². The fourth-order valence-corrected chi connectivity index (χ4v) is 1.35. The van der Waals surface area contributed by atoms with E-state index in [-0.39, 0.29) is 5.91 Å². The molecule has 1 N–H and O–H groups in total. The Morgan fingerprint density at radius 1 is 1.56 bits per heavy atom. The van der Waals surface area contributed by atoms with E-state index in [1.807, 2.05) is 6.92 Å². The van der Waals surface area contributed by atoms with Gasteiger partial charge in [-0.05, 0) is 31.9 Å². The molecule has 1 aromatic rings. The molecule has 0 saturated carbocycles. The molecule has 1 rings (SSSR count). The molecule has 4 heteroatoms. The van der Waals surface area contributed by atoms with Crippen LogP contribution >= 0.6 is 0 Å². The Labute approximate surface area is 95.3 Å². The minimum atomic E-state index is -0.0949. The van der Waals surface area contributed by atoms with Crippen LogP contribution in [0, 0.1) is 18.3 Å². The Hall–Kier alpha value is -1.89. The Morgan fingerprint density at radius 2 is 2.38 bits per heavy atom. The molecular formula is C12H15N3O. The number of amides is 1. The van der Waals surface area contributed by atoms with Gasteiger partial charge in [-0.15, -0.1) is 0 Å². The van der Waals surface area contributed by atoms with E-state index in [0.29, 0.717) is 18.5 Å². The molecule has 4 nitrogen and oxygen atoms in total. The number of nitrogens with zero attached hydrogens (tertiary/aromatic N) is 2. The summed E-state index contributed by atoms with van der Waals surface area (Å²) in [5.74, 6) is -0.0949. The largest absolute Gasteiger partial charge is 0.352 e. The minimum absolute atomic E-state index is 0.0949. The maximum absolute atomic E-state index is 11.7. The summed E-state index contributed by atoms with van der Waals surface area (Å²) in [5.41, 5.74) is 1.35. The highest BCUT2D eigenvalue weighted by molar-refractivity contribution is 5.95. The second kappa shape index (κ2) is 6.57. The molecule has 1 amide bonds. The van der Waals surface area contributed by atoms with Gasteiger partial charge >= 0.3 is 0 Å². The number of carbonyl (C=O) groups excluding carboxylic acids is 1. The van der Waals surface area contributed by atoms with Crippen molar-refractivity contribution in [2.75, 3.05) is 6.54 Å². The predicted octanol–water partition coefficient (Wildman–Crippen LogP) is 1.81. The SMILES string of the molecule is Cc1ncccc1C(=O)NCCCCC#N. The van der Waals surface area contributed by atoms with Gasteiger partial charge in [-0.1, -0.05) is 0 Å². The number of hydrogen-bond acceptors (Lipinski definition) is 3. The molecule has 1 aromatic heterocycles. The fraction of sp³-hybridized carbons (Fsp3) is 0.417. The van der Waals surface area contributed by atoms with Crippen LogP contribution in [0.15, 0.2) is 18.3 Å². The van der Waals surface area contributed by atoms with Gasteiger partial charge in [0, 0.05) is 24.9 Å². The maximum atomic E-state index is 11.7. The van der Waals surface area contributed by atoms with Crippen LogP contribution in [-0.2, 0) is 0 Å². The first-order chi connectivity index (χ1) is 7.75. The van der Waals surface area contributed by atoms with Crippen molar-refractivity contribution in [3.63, 3.8) is 0 Å². The molecular weight excluding hydrogens is 202 g/mol. The molecule has 0 aliphatic heterocycles. The number of rotatable bonds is 5. The topological polar surface area (TPSA) is 65.8 Å². The van der Waals surface area contributed by atoms with Crippen LogP contribution in [0.2, 0.25) is 0 Å². The molecule has 0 aromatic carbocycles. The molecule has 84 valence electrons. The normalized spacial score (nSPS) is 9.50. The number of pyridine rings is 1. The summed E-state index contributed by atoms with van der Waals surface area (Å²) in [6, 6.07) is 5.58. The average molecular weight is 217 g/mol. The Balaban J connectivity index is 2.36. The summed E-state index contributed by atoms with van der Waals surface area (Å²) in [7, 11) is 0. The van der Waals surface area contributed by atoms with Crippen molar-refractivity contribution in [1.82, 2.24) is 10.3 Å². The zero-order valence-corrected chi connectivity index (χ0v) is 9.36. The number of unbranched alkanes of at least 4 members (excludes halogenated alkanes) is 2. The van der Waals surface area contributed by atoms with E-state index in [2.05, 4.69) is 16.4 Å². The summed E-state index contributed by atoms with van der Waals surface area (Å²) >= 11 is 0. The third-order valence-corrected chi connectivity index (χ3v) is 2.25. The quantitative estimate of drug-likeness (QED) is 0.765. The Morgan fingerprint density at radius 3 is 3.06 bits per heavy atom. The molecule has 0 spiro atoms. The second-order valence-electron chi connectivity index (χ2n) is 3.51. The second-order valence-corrected chi connectivity index (χ2v) is 3.51. The van der Waals surface area contributed by atoms with Crippen molar-refractivity contribution >= 4 is 5.91 Å². The van der Waals surface area contributed by atoms with Gasteiger partial charge in [-0.25, -0.2) is 0 Å². The lowest BCUT2D eigenvalue weighted by atomic mass is 10.2. The van der Waals surface area contributed by atoms with Crippen molar-refractivity contribution in [2.24, 2.45) is 0 Å². The highest BCUT2D eigenvalue weighted by Crippen LogP contribution is 2.03. The number of aromatic nitrogens is 1. The minimum Gasteiger partial charge on any atom is -0.352 e. The van der Waals surface area contributed by atoms with E-state index in [1.165, 1.54) is 0 Å². The highest BCUT2D eigenvalue weighted by atomic mass is 16.1. The summed E-state index contributed by atoms with van der Waals surface area (Å²) in [5, 5.41) is 11.2. The summed E-state index contributed by atoms with van der Waals surface area (Å²) < 4.78 is 0. The summed E-state index contributed by atoms with van der Waals surface area (Å²) in [6.45, 7) is 2.42. The average Bonchev–Trinajstić information content (AvgIpc) is 2.29. The zero-order chi connectivity index (χ0) is 11.8. The third-order valence-electron chi connectivity index (χ3n) is 2.25. The molecule has 16 heavy (non-hydrogen) atoms. The molecule has 0 aliphatic rings. The number of nitriles is 1. The number of aryl methyl sites for hydroxylation is 1. The Kier molecular flexibility index (Phi) is 5.00. The zero-order valence-electron chi connectivity index (χ0n) is 9.36. The molecule has 1 heterocycles. The smallest absolute Gasteiger partial charge is 0.253 e. The van der Waals surface area contributed by atoms with Crippen LogP contribution in [0.5, 0.6) is 0 Å². The van der Waals surface area contributed by atoms with Crippen molar-refractivity contribution in [3.8, 4) is 6.07 Å². The van der Waals surface area contributed by atoms with Gasteiger partial charge in [0.1, 0.15) is 0 Å². The standard InChI is InChI=1S/C12H15N3O/c1-10-11(6-5-9-14-10)12(16)15-8-4-2-3-7-13/h5-6,9H,2-4,8H2,1H3,(H,15,16). The van der Waals surface area contributed by atoms with Gasteiger partial charge in [-0.3, -0.25) is 9.78 Å². The van der Waals surface area contributed by atoms with Gasteiger partial charge in [0.05, 0.1) is 11.6 Å². The first-order valence-corrected chi connectivity index (χ1v) is 5.32. The van der Waals surface area contributed by atoms with Crippen LogP contribution in [0.3, 0.4) is 0 Å². The van der Waals surface area contributed by atoms with E-state index in [9.17, 15) is 4.79 Å². The van der Waals surface area contributed by atoms with E-state index in [0.717, 1.165) is 18.5 Å². The summed E-state index contributed by atoms with van der Waals surface area (Å²) in [6.07, 6.45) is 3.86. The number of nitrogens with one attached hydrogen (secondary N) is 1. The summed E-state index contributed by atoms with van der Waals surface area (Å²) in [4.78, 5) is 15.7. The first-order valence-electron chi connectivity index (χ1n) is 5.32. The van der Waals surface area contributed by atoms with Crippen LogP contribution in [0.25, 0.3) is 0 Å². The molecule has 0 radical (unpaired) electrons. The van der Waals surface area contributed by atoms with Crippen molar-refractivity contribution < 1.29 is 4.79 Å². The van der Waals surface area contributed by atoms with Crippen molar-refractivity contribution in [1.29, 1.82) is 5.26 Å². The molecule has 0 saturated heterocycles. The van der Waals surface area contributed by atoms with Gasteiger partial charge in [0.15, 0.2) is 0 Å². The Bertz CT molecular complexity index is 395. The molecule has 0 aliphatic carbocycles. The van der Waals surface area contributed by atoms with Gasteiger partial charge in [0.2, 0.25) is 0 Å². The van der Waals surface area contributed by atoms with E-state index >= 15 is 0 Å². The van der Waals surface area contributed by atoms with Crippen LogP contribution < -0.4 is 5.32 Å². The maximum Gasteiger partial charge on any atom is 0.253 e. The fourth-order valence-electron chi connectivity index (χ4n) is 1.35. The van der Waals surface area contributed by atoms with E-state index in [4.69, 9.17) is 5.26 Å². The predicted molar refractivity (Wildman–Crippen MR) is 60.8 cm³/mol. The lowest BCUT2D eigenvalue weighted by Crippen LogP contribution is -2.25. The molecule has 0 atom stereocenters. The lowest BCUT2D eigenvalue weighted by Gasteiger charge is -2.05. The van der Waals surface area contributed by atoms with Crippen LogP contribution in [0.4, 0.5) is 0 Å². The lowest BCUT2D eigenvalue weighted by molar-refractivity contribution is 0.0952. The van der Waals surface area contributed by atoms with E-state index in [1.54, 1.807) is 18.3 Å². The molecule has 0 unspecified atom stereocenters. The first kappa shape index (κ1) is 12.2.